The van der Waals surface area contributed by atoms with E-state index >= 15 is 0 Å². The van der Waals surface area contributed by atoms with Crippen molar-refractivity contribution in [2.24, 2.45) is 0 Å². The highest BCUT2D eigenvalue weighted by Crippen LogP contribution is 2.33. The molecule has 118 valence electrons. The molecule has 2 aliphatic heterocycles. The summed E-state index contributed by atoms with van der Waals surface area (Å²) in [6.07, 6.45) is 2.45. The van der Waals surface area contributed by atoms with Crippen LogP contribution in [0.5, 0.6) is 0 Å². The second-order valence-electron chi connectivity index (χ2n) is 5.93. The van der Waals surface area contributed by atoms with Crippen molar-refractivity contribution in [3.63, 3.8) is 0 Å². The highest BCUT2D eigenvalue weighted by molar-refractivity contribution is 7.91. The summed E-state index contributed by atoms with van der Waals surface area (Å²) in [6, 6.07) is 5.81. The minimum absolute atomic E-state index is 0.0378. The van der Waals surface area contributed by atoms with Crippen LogP contribution >= 0.6 is 0 Å². The molecule has 2 heterocycles. The lowest BCUT2D eigenvalue weighted by atomic mass is 10.0. The maximum Gasteiger partial charge on any atom is 0.257 e. The summed E-state index contributed by atoms with van der Waals surface area (Å²) in [5, 5.41) is 2.86. The molecule has 0 aromatic heterocycles. The number of aryl methyl sites for hydroxylation is 1. The van der Waals surface area contributed by atoms with Crippen LogP contribution in [0, 0.1) is 6.92 Å². The molecule has 22 heavy (non-hydrogen) atoms. The van der Waals surface area contributed by atoms with Crippen molar-refractivity contribution in [3.05, 3.63) is 35.5 Å². The van der Waals surface area contributed by atoms with Crippen LogP contribution in [0.3, 0.4) is 0 Å². The Kier molecular flexibility index (Phi) is 3.72. The van der Waals surface area contributed by atoms with E-state index in [1.807, 2.05) is 43.1 Å². The predicted molar refractivity (Wildman–Crippen MR) is 87.2 cm³/mol. The van der Waals surface area contributed by atoms with Crippen LogP contribution in [-0.4, -0.2) is 43.3 Å². The van der Waals surface area contributed by atoms with Crippen LogP contribution in [-0.2, 0) is 14.6 Å². The molecule has 5 nitrogen and oxygen atoms in total. The van der Waals surface area contributed by atoms with E-state index in [9.17, 15) is 13.2 Å². The number of carbonyl (C=O) groups excluding carboxylic acids is 1. The molecule has 0 radical (unpaired) electrons. The van der Waals surface area contributed by atoms with Crippen molar-refractivity contribution in [2.75, 3.05) is 23.4 Å². The first-order valence-electron chi connectivity index (χ1n) is 7.50. The number of rotatable bonds is 3. The van der Waals surface area contributed by atoms with E-state index in [-0.39, 0.29) is 23.5 Å². The monoisotopic (exact) mass is 320 g/mol. The second-order valence-corrected chi connectivity index (χ2v) is 8.16. The zero-order valence-electron chi connectivity index (χ0n) is 12.8. The lowest BCUT2D eigenvalue weighted by molar-refractivity contribution is -0.110. The molecule has 2 aliphatic rings. The van der Waals surface area contributed by atoms with Crippen LogP contribution in [0.25, 0.3) is 5.57 Å². The van der Waals surface area contributed by atoms with Crippen LogP contribution in [0.2, 0.25) is 0 Å². The maximum atomic E-state index is 12.2. The Balaban J connectivity index is 1.94. The molecular formula is C16H20N2O3S. The van der Waals surface area contributed by atoms with Crippen LogP contribution in [0.15, 0.2) is 24.4 Å². The van der Waals surface area contributed by atoms with Crippen LogP contribution in [0.1, 0.15) is 24.5 Å². The van der Waals surface area contributed by atoms with Gasteiger partial charge in [0, 0.05) is 30.0 Å². The minimum Gasteiger partial charge on any atom is -0.373 e. The number of carbonyl (C=O) groups is 1. The quantitative estimate of drug-likeness (QED) is 0.863. The minimum atomic E-state index is -2.94. The Morgan fingerprint density at radius 3 is 2.82 bits per heavy atom. The first-order chi connectivity index (χ1) is 10.4. The molecule has 0 aliphatic carbocycles. The molecule has 1 amide bonds. The summed E-state index contributed by atoms with van der Waals surface area (Å²) in [4.78, 5) is 14.2. The van der Waals surface area contributed by atoms with Gasteiger partial charge in [0.25, 0.3) is 5.91 Å². The lowest BCUT2D eigenvalue weighted by Crippen LogP contribution is -2.32. The lowest BCUT2D eigenvalue weighted by Gasteiger charge is -2.25. The molecule has 1 N–H and O–H groups in total. The topological polar surface area (TPSA) is 66.5 Å². The highest BCUT2D eigenvalue weighted by Gasteiger charge is 2.32. The normalized spacial score (nSPS) is 24.4. The third-order valence-electron chi connectivity index (χ3n) is 4.30. The largest absolute Gasteiger partial charge is 0.373 e. The summed E-state index contributed by atoms with van der Waals surface area (Å²) in [5.74, 6) is 0.284. The zero-order valence-corrected chi connectivity index (χ0v) is 13.6. The van der Waals surface area contributed by atoms with Gasteiger partial charge >= 0.3 is 0 Å². The van der Waals surface area contributed by atoms with Gasteiger partial charge < -0.3 is 10.2 Å². The van der Waals surface area contributed by atoms with Gasteiger partial charge in [-0.25, -0.2) is 8.42 Å². The number of amides is 1. The van der Waals surface area contributed by atoms with E-state index in [0.29, 0.717) is 18.5 Å². The van der Waals surface area contributed by atoms with Crippen LogP contribution < -0.4 is 5.32 Å². The molecule has 0 spiro atoms. The smallest absolute Gasteiger partial charge is 0.257 e. The van der Waals surface area contributed by atoms with Gasteiger partial charge in [0.15, 0.2) is 9.84 Å². The molecule has 1 fully saturated rings. The average molecular weight is 320 g/mol. The number of nitrogens with one attached hydrogen (secondary N) is 1. The molecule has 3 rings (SSSR count). The Labute approximate surface area is 130 Å². The van der Waals surface area contributed by atoms with E-state index in [0.717, 1.165) is 16.8 Å². The third-order valence-corrected chi connectivity index (χ3v) is 6.05. The third kappa shape index (κ3) is 2.75. The van der Waals surface area contributed by atoms with E-state index < -0.39 is 9.84 Å². The fourth-order valence-corrected chi connectivity index (χ4v) is 4.83. The van der Waals surface area contributed by atoms with Gasteiger partial charge in [-0.15, -0.1) is 0 Å². The number of hydrogen-bond donors (Lipinski definition) is 1. The standard InChI is InChI=1S/C16H20N2O3S/c1-3-18(12-6-7-22(20,21)10-12)9-14-13-8-11(2)4-5-15(13)17-16(14)19/h4-5,8-9,12H,3,6-7,10H2,1-2H3,(H,17,19)/b14-9+. The fourth-order valence-electron chi connectivity index (χ4n) is 3.09. The fraction of sp³-hybridized carbons (Fsp3) is 0.438. The number of anilines is 1. The number of nitrogens with zero attached hydrogens (tertiary/aromatic N) is 1. The second kappa shape index (κ2) is 5.43. The first-order valence-corrected chi connectivity index (χ1v) is 9.32. The van der Waals surface area contributed by atoms with Gasteiger partial charge in [0.1, 0.15) is 0 Å². The van der Waals surface area contributed by atoms with Crippen molar-refractivity contribution in [2.45, 2.75) is 26.3 Å². The molecule has 6 heteroatoms. The summed E-state index contributed by atoms with van der Waals surface area (Å²) >= 11 is 0. The molecule has 1 aromatic carbocycles. The summed E-state index contributed by atoms with van der Waals surface area (Å²) in [6.45, 7) is 4.64. The molecule has 1 aromatic rings. The average Bonchev–Trinajstić information content (AvgIpc) is 2.96. The van der Waals surface area contributed by atoms with E-state index in [1.165, 1.54) is 0 Å². The van der Waals surface area contributed by atoms with Gasteiger partial charge in [-0.3, -0.25) is 4.79 Å². The number of sulfone groups is 1. The van der Waals surface area contributed by atoms with E-state index in [1.54, 1.807) is 0 Å². The van der Waals surface area contributed by atoms with Gasteiger partial charge in [-0.05, 0) is 32.4 Å². The Morgan fingerprint density at radius 2 is 2.18 bits per heavy atom. The molecule has 0 bridgehead atoms. The van der Waals surface area contributed by atoms with Crippen molar-refractivity contribution in [1.82, 2.24) is 4.90 Å². The maximum absolute atomic E-state index is 12.2. The molecule has 1 saturated heterocycles. The number of fused-ring (bicyclic) bond motifs is 1. The Morgan fingerprint density at radius 1 is 1.41 bits per heavy atom. The predicted octanol–water partition coefficient (Wildman–Crippen LogP) is 1.80. The molecule has 0 saturated carbocycles. The molecular weight excluding hydrogens is 300 g/mol. The summed E-state index contributed by atoms with van der Waals surface area (Å²) in [7, 11) is -2.94. The Bertz CT molecular complexity index is 753. The first kappa shape index (κ1) is 15.1. The summed E-state index contributed by atoms with van der Waals surface area (Å²) in [5.41, 5.74) is 3.42. The Hall–Kier alpha value is -1.82. The SMILES string of the molecule is CCN(/C=C1/C(=O)Nc2ccc(C)cc21)C1CCS(=O)(=O)C1. The number of hydrogen-bond acceptors (Lipinski definition) is 4. The van der Waals surface area contributed by atoms with Gasteiger partial charge in [-0.1, -0.05) is 11.6 Å². The highest BCUT2D eigenvalue weighted by atomic mass is 32.2. The van der Waals surface area contributed by atoms with E-state index in [2.05, 4.69) is 5.32 Å². The van der Waals surface area contributed by atoms with Crippen molar-refractivity contribution >= 4 is 27.0 Å². The van der Waals surface area contributed by atoms with Gasteiger partial charge in [0.2, 0.25) is 0 Å². The van der Waals surface area contributed by atoms with Crippen molar-refractivity contribution < 1.29 is 13.2 Å². The van der Waals surface area contributed by atoms with Gasteiger partial charge in [0.05, 0.1) is 17.1 Å². The van der Waals surface area contributed by atoms with Crippen molar-refractivity contribution in [3.8, 4) is 0 Å². The zero-order chi connectivity index (χ0) is 15.9. The molecule has 1 unspecified atom stereocenters. The molecule has 1 atom stereocenters. The van der Waals surface area contributed by atoms with Gasteiger partial charge in [-0.2, -0.15) is 0 Å². The van der Waals surface area contributed by atoms with E-state index in [4.69, 9.17) is 0 Å². The van der Waals surface area contributed by atoms with Crippen molar-refractivity contribution in [1.29, 1.82) is 0 Å². The number of benzene rings is 1. The summed E-state index contributed by atoms with van der Waals surface area (Å²) < 4.78 is 23.4. The van der Waals surface area contributed by atoms with Crippen LogP contribution in [0.4, 0.5) is 5.69 Å².